The van der Waals surface area contributed by atoms with E-state index in [-0.39, 0.29) is 26.5 Å². The van der Waals surface area contributed by atoms with Crippen LogP contribution in [0.25, 0.3) is 0 Å². The predicted octanol–water partition coefficient (Wildman–Crippen LogP) is 2.18. The summed E-state index contributed by atoms with van der Waals surface area (Å²) in [7, 11) is 4.02. The van der Waals surface area contributed by atoms with E-state index in [9.17, 15) is 9.59 Å². The molecule has 4 heteroatoms. The Morgan fingerprint density at radius 2 is 1.31 bits per heavy atom. The first-order valence-corrected chi connectivity index (χ1v) is 10.0. The van der Waals surface area contributed by atoms with Gasteiger partial charge in [0.25, 0.3) is 0 Å². The molecule has 3 aromatic rings. The Morgan fingerprint density at radius 1 is 0.692 bits per heavy atom. The topological polar surface area (TPSA) is 37.4 Å². The number of carbonyl (C=O) groups excluding carboxylic acids is 2. The summed E-state index contributed by atoms with van der Waals surface area (Å²) < 4.78 is 2.14. The average Bonchev–Trinajstić information content (AvgIpc) is 2.66. The van der Waals surface area contributed by atoms with Crippen LogP contribution in [0.2, 0.25) is 0 Å². The van der Waals surface area contributed by atoms with Crippen LogP contribution in [0.1, 0.15) is 31.8 Å². The molecule has 3 aromatic carbocycles. The molecule has 4 rings (SSSR count). The van der Waals surface area contributed by atoms with Gasteiger partial charge in [0, 0.05) is 0 Å². The van der Waals surface area contributed by atoms with Gasteiger partial charge in [0.05, 0.1) is 0 Å². The standard InChI is InChI=1S/C22H17NO2Se/c1-23(2)14-10-12-15(13-11-14)26-19-9-5-8-18-20(19)22(25)17-7-4-3-6-16(17)21(18)24/h3-13H,1-2H3. The van der Waals surface area contributed by atoms with Gasteiger partial charge in [0.2, 0.25) is 0 Å². The molecular formula is C22H17NO2Se. The van der Waals surface area contributed by atoms with Crippen LogP contribution in [0, 0.1) is 0 Å². The van der Waals surface area contributed by atoms with Gasteiger partial charge < -0.3 is 0 Å². The van der Waals surface area contributed by atoms with Crippen molar-refractivity contribution in [1.82, 2.24) is 0 Å². The van der Waals surface area contributed by atoms with E-state index < -0.39 is 0 Å². The minimum absolute atomic E-state index is 0.0432. The molecule has 0 saturated carbocycles. The number of nitrogens with zero attached hydrogens (tertiary/aromatic N) is 1. The van der Waals surface area contributed by atoms with Crippen molar-refractivity contribution in [1.29, 1.82) is 0 Å². The summed E-state index contributed by atoms with van der Waals surface area (Å²) in [5, 5.41) is 0. The molecule has 26 heavy (non-hydrogen) atoms. The van der Waals surface area contributed by atoms with Crippen molar-refractivity contribution in [2.24, 2.45) is 0 Å². The van der Waals surface area contributed by atoms with Crippen LogP contribution in [-0.4, -0.2) is 40.6 Å². The molecule has 0 fully saturated rings. The van der Waals surface area contributed by atoms with Crippen molar-refractivity contribution in [3.63, 3.8) is 0 Å². The van der Waals surface area contributed by atoms with E-state index in [1.54, 1.807) is 24.3 Å². The first kappa shape index (κ1) is 16.8. The van der Waals surface area contributed by atoms with E-state index in [0.29, 0.717) is 22.3 Å². The Hall–Kier alpha value is -2.68. The zero-order valence-electron chi connectivity index (χ0n) is 14.5. The first-order chi connectivity index (χ1) is 12.6. The fourth-order valence-electron chi connectivity index (χ4n) is 3.14. The molecule has 0 bridgehead atoms. The number of fused-ring (bicyclic) bond motifs is 2. The number of ketones is 2. The van der Waals surface area contributed by atoms with Gasteiger partial charge in [0.1, 0.15) is 0 Å². The van der Waals surface area contributed by atoms with E-state index in [1.807, 2.05) is 32.3 Å². The second kappa shape index (κ2) is 6.56. The van der Waals surface area contributed by atoms with E-state index >= 15 is 0 Å². The number of hydrogen-bond donors (Lipinski definition) is 0. The van der Waals surface area contributed by atoms with Gasteiger partial charge in [-0.25, -0.2) is 0 Å². The number of rotatable bonds is 3. The molecule has 0 aliphatic heterocycles. The Kier molecular flexibility index (Phi) is 4.23. The Bertz CT molecular complexity index is 1020. The molecule has 128 valence electrons. The third kappa shape index (κ3) is 2.78. The molecule has 0 amide bonds. The fraction of sp³-hybridized carbons (Fsp3) is 0.0909. The Labute approximate surface area is 158 Å². The maximum absolute atomic E-state index is 13.1. The summed E-state index contributed by atoms with van der Waals surface area (Å²) >= 11 is -0.0432. The van der Waals surface area contributed by atoms with Crippen molar-refractivity contribution in [3.05, 3.63) is 89.0 Å². The van der Waals surface area contributed by atoms with E-state index in [2.05, 4.69) is 29.2 Å². The Balaban J connectivity index is 1.76. The van der Waals surface area contributed by atoms with Gasteiger partial charge in [-0.15, -0.1) is 0 Å². The number of hydrogen-bond acceptors (Lipinski definition) is 3. The first-order valence-electron chi connectivity index (χ1n) is 8.33. The third-order valence-electron chi connectivity index (χ3n) is 4.50. The molecule has 3 nitrogen and oxygen atoms in total. The SMILES string of the molecule is CN(C)c1ccc([Se]c2cccc3c2C(=O)c2ccccc2C3=O)cc1. The molecule has 0 N–H and O–H groups in total. The molecule has 0 radical (unpaired) electrons. The average molecular weight is 406 g/mol. The quantitative estimate of drug-likeness (QED) is 0.490. The van der Waals surface area contributed by atoms with Gasteiger partial charge in [-0.2, -0.15) is 0 Å². The zero-order chi connectivity index (χ0) is 18.3. The normalized spacial score (nSPS) is 12.5. The molecular weight excluding hydrogens is 389 g/mol. The van der Waals surface area contributed by atoms with E-state index in [4.69, 9.17) is 0 Å². The number of carbonyl (C=O) groups is 2. The molecule has 1 aliphatic carbocycles. The predicted molar refractivity (Wildman–Crippen MR) is 106 cm³/mol. The molecule has 0 atom stereocenters. The van der Waals surface area contributed by atoms with Crippen LogP contribution in [0.4, 0.5) is 5.69 Å². The molecule has 0 saturated heterocycles. The van der Waals surface area contributed by atoms with Crippen molar-refractivity contribution in [2.75, 3.05) is 19.0 Å². The monoisotopic (exact) mass is 407 g/mol. The van der Waals surface area contributed by atoms with Gasteiger partial charge in [-0.1, -0.05) is 0 Å². The van der Waals surface area contributed by atoms with Crippen molar-refractivity contribution in [3.8, 4) is 0 Å². The van der Waals surface area contributed by atoms with Crippen LogP contribution in [0.5, 0.6) is 0 Å². The van der Waals surface area contributed by atoms with Crippen LogP contribution in [0.15, 0.2) is 66.7 Å². The van der Waals surface area contributed by atoms with Crippen LogP contribution < -0.4 is 13.8 Å². The second-order valence-electron chi connectivity index (χ2n) is 6.37. The van der Waals surface area contributed by atoms with Gasteiger partial charge in [-0.3, -0.25) is 0 Å². The van der Waals surface area contributed by atoms with Crippen molar-refractivity contribution < 1.29 is 9.59 Å². The maximum atomic E-state index is 13.1. The molecule has 0 aromatic heterocycles. The molecule has 0 heterocycles. The summed E-state index contributed by atoms with van der Waals surface area (Å²) in [5.41, 5.74) is 3.26. The van der Waals surface area contributed by atoms with E-state index in [1.165, 1.54) is 4.46 Å². The summed E-state index contributed by atoms with van der Waals surface area (Å²) in [6, 6.07) is 21.0. The fourth-order valence-corrected chi connectivity index (χ4v) is 5.19. The number of benzene rings is 3. The van der Waals surface area contributed by atoms with Crippen LogP contribution in [0.3, 0.4) is 0 Å². The van der Waals surface area contributed by atoms with Crippen LogP contribution in [-0.2, 0) is 0 Å². The van der Waals surface area contributed by atoms with Gasteiger partial charge in [0.15, 0.2) is 0 Å². The van der Waals surface area contributed by atoms with E-state index in [0.717, 1.165) is 10.1 Å². The summed E-state index contributed by atoms with van der Waals surface area (Å²) in [6.45, 7) is 0. The van der Waals surface area contributed by atoms with Crippen LogP contribution >= 0.6 is 0 Å². The number of anilines is 1. The van der Waals surface area contributed by atoms with Gasteiger partial charge in [-0.05, 0) is 0 Å². The third-order valence-corrected chi connectivity index (χ3v) is 6.74. The summed E-state index contributed by atoms with van der Waals surface area (Å²) in [6.07, 6.45) is 0. The minimum atomic E-state index is -0.0594. The summed E-state index contributed by atoms with van der Waals surface area (Å²) in [4.78, 5) is 27.9. The Morgan fingerprint density at radius 3 is 1.96 bits per heavy atom. The molecule has 0 unspecified atom stereocenters. The summed E-state index contributed by atoms with van der Waals surface area (Å²) in [5.74, 6) is -0.103. The second-order valence-corrected chi connectivity index (χ2v) is 8.71. The molecule has 1 aliphatic rings. The van der Waals surface area contributed by atoms with Gasteiger partial charge >= 0.3 is 159 Å². The van der Waals surface area contributed by atoms with Crippen molar-refractivity contribution >= 4 is 41.1 Å². The van der Waals surface area contributed by atoms with Crippen molar-refractivity contribution in [2.45, 2.75) is 0 Å². The molecule has 0 spiro atoms. The zero-order valence-corrected chi connectivity index (χ0v) is 16.2.